The summed E-state index contributed by atoms with van der Waals surface area (Å²) in [5.41, 5.74) is 0. The third kappa shape index (κ3) is 3.54. The van der Waals surface area contributed by atoms with Gasteiger partial charge < -0.3 is 15.3 Å². The lowest BCUT2D eigenvalue weighted by atomic mass is 10.1. The summed E-state index contributed by atoms with van der Waals surface area (Å²) in [4.78, 5) is 12.4. The highest BCUT2D eigenvalue weighted by Gasteiger charge is 2.21. The quantitative estimate of drug-likeness (QED) is 0.710. The molecule has 0 aromatic heterocycles. The molecule has 0 aromatic carbocycles. The van der Waals surface area contributed by atoms with Gasteiger partial charge >= 0.3 is 6.09 Å². The van der Waals surface area contributed by atoms with Crippen LogP contribution in [0.3, 0.4) is 0 Å². The minimum Gasteiger partial charge on any atom is -0.465 e. The Kier molecular flexibility index (Phi) is 4.20. The van der Waals surface area contributed by atoms with E-state index in [1.54, 1.807) is 0 Å². The van der Waals surface area contributed by atoms with Crippen molar-refractivity contribution in [1.29, 1.82) is 0 Å². The molecular formula is C10H20N2O2. The molecule has 1 amide bonds. The van der Waals surface area contributed by atoms with Crippen LogP contribution in [0.2, 0.25) is 0 Å². The number of amides is 1. The van der Waals surface area contributed by atoms with Crippen molar-refractivity contribution >= 4 is 6.09 Å². The molecule has 0 radical (unpaired) electrons. The van der Waals surface area contributed by atoms with E-state index in [-0.39, 0.29) is 0 Å². The Morgan fingerprint density at radius 1 is 1.50 bits per heavy atom. The van der Waals surface area contributed by atoms with E-state index in [0.29, 0.717) is 25.2 Å². The highest BCUT2D eigenvalue weighted by molar-refractivity contribution is 5.65. The van der Waals surface area contributed by atoms with Crippen LogP contribution in [0.1, 0.15) is 33.1 Å². The molecule has 14 heavy (non-hydrogen) atoms. The van der Waals surface area contributed by atoms with Crippen LogP contribution >= 0.6 is 0 Å². The number of nitrogens with one attached hydrogen (secondary N) is 1. The van der Waals surface area contributed by atoms with Gasteiger partial charge in [0.2, 0.25) is 0 Å². The van der Waals surface area contributed by atoms with E-state index in [0.717, 1.165) is 19.3 Å². The number of carboxylic acid groups (broad SMARTS) is 1. The summed E-state index contributed by atoms with van der Waals surface area (Å²) in [6.07, 6.45) is 2.40. The highest BCUT2D eigenvalue weighted by Crippen LogP contribution is 2.11. The van der Waals surface area contributed by atoms with Crippen LogP contribution in [-0.2, 0) is 0 Å². The summed E-state index contributed by atoms with van der Waals surface area (Å²) in [5, 5.41) is 12.3. The van der Waals surface area contributed by atoms with Crippen molar-refractivity contribution in [2.75, 3.05) is 13.1 Å². The fraction of sp³-hybridized carbons (Fsp3) is 0.900. The first-order valence-electron chi connectivity index (χ1n) is 5.33. The smallest absolute Gasteiger partial charge is 0.407 e. The Balaban J connectivity index is 2.47. The van der Waals surface area contributed by atoms with Gasteiger partial charge in [0.25, 0.3) is 0 Å². The molecule has 4 nitrogen and oxygen atoms in total. The highest BCUT2D eigenvalue weighted by atomic mass is 16.4. The van der Waals surface area contributed by atoms with Crippen molar-refractivity contribution in [3.63, 3.8) is 0 Å². The zero-order chi connectivity index (χ0) is 10.6. The Morgan fingerprint density at radius 2 is 2.21 bits per heavy atom. The SMILES string of the molecule is CC(C)NC1CCCCN(C(=O)O)C1. The first kappa shape index (κ1) is 11.3. The van der Waals surface area contributed by atoms with E-state index >= 15 is 0 Å². The second kappa shape index (κ2) is 5.20. The average molecular weight is 200 g/mol. The Labute approximate surface area is 85.3 Å². The van der Waals surface area contributed by atoms with Gasteiger partial charge in [-0.05, 0) is 12.8 Å². The Bertz CT molecular complexity index is 195. The normalized spacial score (nSPS) is 23.6. The topological polar surface area (TPSA) is 52.6 Å². The van der Waals surface area contributed by atoms with Gasteiger partial charge in [0.1, 0.15) is 0 Å². The van der Waals surface area contributed by atoms with Gasteiger partial charge in [0.05, 0.1) is 0 Å². The minimum atomic E-state index is -0.789. The molecule has 0 bridgehead atoms. The number of rotatable bonds is 2. The van der Waals surface area contributed by atoms with Gasteiger partial charge in [0, 0.05) is 25.2 Å². The predicted molar refractivity (Wildman–Crippen MR) is 55.5 cm³/mol. The van der Waals surface area contributed by atoms with E-state index < -0.39 is 6.09 Å². The van der Waals surface area contributed by atoms with Crippen molar-refractivity contribution in [3.8, 4) is 0 Å². The van der Waals surface area contributed by atoms with Crippen LogP contribution in [0.4, 0.5) is 4.79 Å². The first-order valence-corrected chi connectivity index (χ1v) is 5.33. The zero-order valence-corrected chi connectivity index (χ0v) is 8.99. The van der Waals surface area contributed by atoms with Crippen molar-refractivity contribution in [2.45, 2.75) is 45.2 Å². The summed E-state index contributed by atoms with van der Waals surface area (Å²) < 4.78 is 0. The molecule has 1 rings (SSSR count). The Morgan fingerprint density at radius 3 is 2.79 bits per heavy atom. The second-order valence-corrected chi connectivity index (χ2v) is 4.24. The Hall–Kier alpha value is -0.770. The third-order valence-electron chi connectivity index (χ3n) is 2.51. The molecule has 1 unspecified atom stereocenters. The van der Waals surface area contributed by atoms with Crippen LogP contribution in [0.5, 0.6) is 0 Å². The average Bonchev–Trinajstić information content (AvgIpc) is 2.28. The van der Waals surface area contributed by atoms with Crippen LogP contribution in [0.25, 0.3) is 0 Å². The summed E-state index contributed by atoms with van der Waals surface area (Å²) in [6.45, 7) is 5.51. The maximum atomic E-state index is 10.8. The largest absolute Gasteiger partial charge is 0.465 e. The molecule has 1 aliphatic rings. The zero-order valence-electron chi connectivity index (χ0n) is 8.99. The van der Waals surface area contributed by atoms with Crippen LogP contribution in [0.15, 0.2) is 0 Å². The number of hydrogen-bond donors (Lipinski definition) is 2. The molecule has 2 N–H and O–H groups in total. The van der Waals surface area contributed by atoms with Crippen molar-refractivity contribution < 1.29 is 9.90 Å². The summed E-state index contributed by atoms with van der Waals surface area (Å²) in [7, 11) is 0. The molecule has 1 heterocycles. The molecule has 1 fully saturated rings. The summed E-state index contributed by atoms with van der Waals surface area (Å²) >= 11 is 0. The van der Waals surface area contributed by atoms with Crippen LogP contribution in [0, 0.1) is 0 Å². The number of likely N-dealkylation sites (tertiary alicyclic amines) is 1. The fourth-order valence-corrected chi connectivity index (χ4v) is 1.92. The fourth-order valence-electron chi connectivity index (χ4n) is 1.92. The predicted octanol–water partition coefficient (Wildman–Crippen LogP) is 1.52. The number of hydrogen-bond acceptors (Lipinski definition) is 2. The van der Waals surface area contributed by atoms with Gasteiger partial charge in [-0.25, -0.2) is 4.79 Å². The molecule has 1 aliphatic heterocycles. The molecule has 0 aliphatic carbocycles. The van der Waals surface area contributed by atoms with Crippen molar-refractivity contribution in [3.05, 3.63) is 0 Å². The minimum absolute atomic E-state index is 0.327. The van der Waals surface area contributed by atoms with Crippen molar-refractivity contribution in [2.24, 2.45) is 0 Å². The van der Waals surface area contributed by atoms with Gasteiger partial charge in [0.15, 0.2) is 0 Å². The molecule has 1 saturated heterocycles. The molecule has 0 aromatic rings. The van der Waals surface area contributed by atoms with Crippen LogP contribution in [-0.4, -0.2) is 41.3 Å². The van der Waals surface area contributed by atoms with E-state index in [4.69, 9.17) is 5.11 Å². The van der Waals surface area contributed by atoms with Crippen LogP contribution < -0.4 is 5.32 Å². The third-order valence-corrected chi connectivity index (χ3v) is 2.51. The monoisotopic (exact) mass is 200 g/mol. The van der Waals surface area contributed by atoms with E-state index in [9.17, 15) is 4.79 Å². The van der Waals surface area contributed by atoms with E-state index in [1.807, 2.05) is 0 Å². The van der Waals surface area contributed by atoms with Gasteiger partial charge in [-0.15, -0.1) is 0 Å². The molecule has 0 spiro atoms. The standard InChI is InChI=1S/C10H20N2O2/c1-8(2)11-9-5-3-4-6-12(7-9)10(13)14/h8-9,11H,3-7H2,1-2H3,(H,13,14). The molecule has 4 heteroatoms. The molecular weight excluding hydrogens is 180 g/mol. The maximum Gasteiger partial charge on any atom is 0.407 e. The second-order valence-electron chi connectivity index (χ2n) is 4.24. The van der Waals surface area contributed by atoms with Gasteiger partial charge in [-0.3, -0.25) is 0 Å². The van der Waals surface area contributed by atoms with Gasteiger partial charge in [-0.2, -0.15) is 0 Å². The van der Waals surface area contributed by atoms with Crippen molar-refractivity contribution in [1.82, 2.24) is 10.2 Å². The molecule has 82 valence electrons. The first-order chi connectivity index (χ1) is 6.59. The van der Waals surface area contributed by atoms with Gasteiger partial charge in [-0.1, -0.05) is 20.3 Å². The lowest BCUT2D eigenvalue weighted by molar-refractivity contribution is 0.142. The van der Waals surface area contributed by atoms with E-state index in [2.05, 4.69) is 19.2 Å². The lowest BCUT2D eigenvalue weighted by Crippen LogP contribution is -2.44. The van der Waals surface area contributed by atoms with E-state index in [1.165, 1.54) is 4.90 Å². The summed E-state index contributed by atoms with van der Waals surface area (Å²) in [6, 6.07) is 0.752. The number of nitrogens with zero attached hydrogens (tertiary/aromatic N) is 1. The lowest BCUT2D eigenvalue weighted by Gasteiger charge is -2.24. The number of carbonyl (C=O) groups is 1. The maximum absolute atomic E-state index is 10.8. The summed E-state index contributed by atoms with van der Waals surface area (Å²) in [5.74, 6) is 0. The molecule has 0 saturated carbocycles. The molecule has 1 atom stereocenters.